The molecule has 1 nitrogen and oxygen atoms in total. The van der Waals surface area contributed by atoms with Crippen molar-refractivity contribution in [3.05, 3.63) is 53.6 Å². The first-order valence-corrected chi connectivity index (χ1v) is 5.66. The molecule has 0 spiro atoms. The standard InChI is InChI=1S/C14H18ClN/c1-11(2)9-16(10-12(3)4)14-7-5-6-13(15)8-14/h5-8H,1,3,9-10H2,2,4H3. The second kappa shape index (κ2) is 5.76. The molecule has 1 aromatic carbocycles. The van der Waals surface area contributed by atoms with Gasteiger partial charge in [-0.05, 0) is 32.0 Å². The molecule has 0 amide bonds. The fourth-order valence-corrected chi connectivity index (χ4v) is 1.75. The lowest BCUT2D eigenvalue weighted by molar-refractivity contribution is 0.895. The number of hydrogen-bond donors (Lipinski definition) is 0. The number of benzene rings is 1. The van der Waals surface area contributed by atoms with Gasteiger partial charge in [0.25, 0.3) is 0 Å². The summed E-state index contributed by atoms with van der Waals surface area (Å²) in [6, 6.07) is 7.86. The van der Waals surface area contributed by atoms with E-state index in [1.54, 1.807) is 0 Å². The van der Waals surface area contributed by atoms with Gasteiger partial charge in [-0.3, -0.25) is 0 Å². The summed E-state index contributed by atoms with van der Waals surface area (Å²) < 4.78 is 0. The predicted octanol–water partition coefficient (Wildman–Crippen LogP) is 4.30. The maximum Gasteiger partial charge on any atom is 0.0426 e. The van der Waals surface area contributed by atoms with Crippen molar-refractivity contribution >= 4 is 17.3 Å². The van der Waals surface area contributed by atoms with Gasteiger partial charge >= 0.3 is 0 Å². The number of halogens is 1. The average molecular weight is 236 g/mol. The van der Waals surface area contributed by atoms with Crippen molar-refractivity contribution in [3.63, 3.8) is 0 Å². The molecule has 0 radical (unpaired) electrons. The minimum Gasteiger partial charge on any atom is -0.364 e. The highest BCUT2D eigenvalue weighted by Gasteiger charge is 2.06. The van der Waals surface area contributed by atoms with Gasteiger partial charge in [0.1, 0.15) is 0 Å². The number of anilines is 1. The zero-order chi connectivity index (χ0) is 12.1. The van der Waals surface area contributed by atoms with E-state index in [2.05, 4.69) is 24.1 Å². The van der Waals surface area contributed by atoms with Crippen molar-refractivity contribution in [2.24, 2.45) is 0 Å². The van der Waals surface area contributed by atoms with Crippen LogP contribution in [0.15, 0.2) is 48.6 Å². The maximum absolute atomic E-state index is 5.99. The van der Waals surface area contributed by atoms with Crippen LogP contribution in [0.4, 0.5) is 5.69 Å². The fourth-order valence-electron chi connectivity index (χ4n) is 1.56. The van der Waals surface area contributed by atoms with E-state index >= 15 is 0 Å². The molecule has 0 aliphatic rings. The Morgan fingerprint density at radius 2 is 1.75 bits per heavy atom. The molecule has 0 saturated carbocycles. The van der Waals surface area contributed by atoms with Crippen molar-refractivity contribution in [1.82, 2.24) is 0 Å². The summed E-state index contributed by atoms with van der Waals surface area (Å²) in [7, 11) is 0. The first-order valence-electron chi connectivity index (χ1n) is 5.28. The largest absolute Gasteiger partial charge is 0.364 e. The molecule has 16 heavy (non-hydrogen) atoms. The summed E-state index contributed by atoms with van der Waals surface area (Å²) in [5.74, 6) is 0. The monoisotopic (exact) mass is 235 g/mol. The number of hydrogen-bond acceptors (Lipinski definition) is 1. The summed E-state index contributed by atoms with van der Waals surface area (Å²) in [4.78, 5) is 2.22. The van der Waals surface area contributed by atoms with Crippen molar-refractivity contribution in [1.29, 1.82) is 0 Å². The molecule has 0 aromatic heterocycles. The first kappa shape index (κ1) is 12.9. The molecule has 0 unspecified atom stereocenters. The topological polar surface area (TPSA) is 3.24 Å². The minimum absolute atomic E-state index is 0.755. The van der Waals surface area contributed by atoms with E-state index in [-0.39, 0.29) is 0 Å². The van der Waals surface area contributed by atoms with Crippen LogP contribution >= 0.6 is 11.6 Å². The maximum atomic E-state index is 5.99. The fraction of sp³-hybridized carbons (Fsp3) is 0.286. The van der Waals surface area contributed by atoms with Crippen molar-refractivity contribution in [3.8, 4) is 0 Å². The van der Waals surface area contributed by atoms with Gasteiger partial charge in [0.15, 0.2) is 0 Å². The summed E-state index contributed by atoms with van der Waals surface area (Å²) in [6.07, 6.45) is 0. The van der Waals surface area contributed by atoms with Crippen LogP contribution in [0.25, 0.3) is 0 Å². The summed E-state index contributed by atoms with van der Waals surface area (Å²) >= 11 is 5.99. The van der Waals surface area contributed by atoms with Gasteiger partial charge in [-0.15, -0.1) is 0 Å². The molecular formula is C14H18ClN. The SMILES string of the molecule is C=C(C)CN(CC(=C)C)c1cccc(Cl)c1. The van der Waals surface area contributed by atoms with Crippen molar-refractivity contribution in [2.75, 3.05) is 18.0 Å². The second-order valence-electron chi connectivity index (χ2n) is 4.25. The van der Waals surface area contributed by atoms with Crippen LogP contribution in [0.3, 0.4) is 0 Å². The minimum atomic E-state index is 0.755. The molecule has 0 fully saturated rings. The van der Waals surface area contributed by atoms with Crippen LogP contribution in [-0.4, -0.2) is 13.1 Å². The van der Waals surface area contributed by atoms with E-state index < -0.39 is 0 Å². The zero-order valence-electron chi connectivity index (χ0n) is 9.96. The molecule has 2 heteroatoms. The highest BCUT2D eigenvalue weighted by atomic mass is 35.5. The van der Waals surface area contributed by atoms with E-state index in [1.807, 2.05) is 32.0 Å². The Bertz CT molecular complexity index is 379. The highest BCUT2D eigenvalue weighted by Crippen LogP contribution is 2.20. The molecule has 0 saturated heterocycles. The summed E-state index contributed by atoms with van der Waals surface area (Å²) in [6.45, 7) is 13.6. The highest BCUT2D eigenvalue weighted by molar-refractivity contribution is 6.30. The Morgan fingerprint density at radius 1 is 1.19 bits per heavy atom. The van der Waals surface area contributed by atoms with E-state index in [0.29, 0.717) is 0 Å². The van der Waals surface area contributed by atoms with Gasteiger partial charge in [0, 0.05) is 23.8 Å². The van der Waals surface area contributed by atoms with Crippen LogP contribution < -0.4 is 4.90 Å². The molecule has 0 heterocycles. The lowest BCUT2D eigenvalue weighted by Crippen LogP contribution is -2.26. The molecule has 86 valence electrons. The van der Waals surface area contributed by atoms with Gasteiger partial charge in [-0.1, -0.05) is 42.0 Å². The van der Waals surface area contributed by atoms with E-state index in [9.17, 15) is 0 Å². The molecule has 0 aliphatic carbocycles. The lowest BCUT2D eigenvalue weighted by atomic mass is 10.2. The van der Waals surface area contributed by atoms with Crippen molar-refractivity contribution in [2.45, 2.75) is 13.8 Å². The van der Waals surface area contributed by atoms with Gasteiger partial charge in [-0.2, -0.15) is 0 Å². The van der Waals surface area contributed by atoms with E-state index in [0.717, 1.165) is 34.9 Å². The predicted molar refractivity (Wildman–Crippen MR) is 73.3 cm³/mol. The van der Waals surface area contributed by atoms with E-state index in [4.69, 9.17) is 11.6 Å². The number of rotatable bonds is 5. The Morgan fingerprint density at radius 3 is 2.19 bits per heavy atom. The van der Waals surface area contributed by atoms with Crippen LogP contribution in [0.2, 0.25) is 5.02 Å². The van der Waals surface area contributed by atoms with Crippen molar-refractivity contribution < 1.29 is 0 Å². The molecule has 0 N–H and O–H groups in total. The summed E-state index contributed by atoms with van der Waals surface area (Å²) in [5, 5.41) is 0.755. The van der Waals surface area contributed by atoms with Gasteiger partial charge < -0.3 is 4.90 Å². The van der Waals surface area contributed by atoms with Gasteiger partial charge in [0.05, 0.1) is 0 Å². The Balaban J connectivity index is 2.90. The Hall–Kier alpha value is -1.21. The zero-order valence-corrected chi connectivity index (χ0v) is 10.7. The quantitative estimate of drug-likeness (QED) is 0.688. The normalized spacial score (nSPS) is 9.94. The molecule has 0 bridgehead atoms. The van der Waals surface area contributed by atoms with Crippen LogP contribution in [0, 0.1) is 0 Å². The Kier molecular flexibility index (Phi) is 4.63. The first-order chi connectivity index (χ1) is 7.49. The van der Waals surface area contributed by atoms with Gasteiger partial charge in [-0.25, -0.2) is 0 Å². The third kappa shape index (κ3) is 4.11. The molecule has 0 atom stereocenters. The third-order valence-electron chi connectivity index (χ3n) is 2.09. The molecule has 1 rings (SSSR count). The van der Waals surface area contributed by atoms with Crippen LogP contribution in [-0.2, 0) is 0 Å². The third-order valence-corrected chi connectivity index (χ3v) is 2.33. The van der Waals surface area contributed by atoms with Gasteiger partial charge in [0.2, 0.25) is 0 Å². The molecule has 0 aliphatic heterocycles. The summed E-state index contributed by atoms with van der Waals surface area (Å²) in [5.41, 5.74) is 3.36. The lowest BCUT2D eigenvalue weighted by Gasteiger charge is -2.25. The molecular weight excluding hydrogens is 218 g/mol. The van der Waals surface area contributed by atoms with E-state index in [1.165, 1.54) is 0 Å². The molecule has 1 aromatic rings. The Labute approximate surface area is 103 Å². The smallest absolute Gasteiger partial charge is 0.0426 e. The average Bonchev–Trinajstić information content (AvgIpc) is 2.15. The second-order valence-corrected chi connectivity index (χ2v) is 4.69. The van der Waals surface area contributed by atoms with Crippen LogP contribution in [0.5, 0.6) is 0 Å². The van der Waals surface area contributed by atoms with Crippen LogP contribution in [0.1, 0.15) is 13.8 Å². The number of nitrogens with zero attached hydrogens (tertiary/aromatic N) is 1.